The van der Waals surface area contributed by atoms with E-state index in [9.17, 15) is 9.59 Å². The number of benzene rings is 1. The molecule has 2 amide bonds. The number of ether oxygens (including phenoxy) is 1. The molecule has 6 heteroatoms. The monoisotopic (exact) mass is 399 g/mol. The number of amides is 2. The van der Waals surface area contributed by atoms with Crippen LogP contribution in [0.5, 0.6) is 5.75 Å². The van der Waals surface area contributed by atoms with Gasteiger partial charge in [-0.3, -0.25) is 9.59 Å². The van der Waals surface area contributed by atoms with Gasteiger partial charge in [-0.25, -0.2) is 0 Å². The number of carbonyl (C=O) groups excluding carboxylic acids is 2. The van der Waals surface area contributed by atoms with Crippen LogP contribution in [0.15, 0.2) is 24.3 Å². The zero-order valence-corrected chi connectivity index (χ0v) is 18.0. The van der Waals surface area contributed by atoms with E-state index in [0.29, 0.717) is 30.6 Å². The van der Waals surface area contributed by atoms with Crippen LogP contribution in [-0.2, 0) is 4.79 Å². The Morgan fingerprint density at radius 2 is 1.93 bits per heavy atom. The van der Waals surface area contributed by atoms with Crippen molar-refractivity contribution in [1.29, 1.82) is 0 Å². The van der Waals surface area contributed by atoms with Crippen molar-refractivity contribution < 1.29 is 14.3 Å². The first-order chi connectivity index (χ1) is 13.9. The summed E-state index contributed by atoms with van der Waals surface area (Å²) in [6, 6.07) is 7.64. The Morgan fingerprint density at radius 1 is 1.21 bits per heavy atom. The third-order valence-corrected chi connectivity index (χ3v) is 6.03. The van der Waals surface area contributed by atoms with Gasteiger partial charge in [0.05, 0.1) is 7.11 Å². The third kappa shape index (κ3) is 5.11. The maximum absolute atomic E-state index is 12.9. The van der Waals surface area contributed by atoms with Crippen molar-refractivity contribution in [3.63, 3.8) is 0 Å². The second kappa shape index (κ2) is 9.33. The average Bonchev–Trinajstić information content (AvgIpc) is 3.15. The van der Waals surface area contributed by atoms with Crippen LogP contribution < -0.4 is 10.1 Å². The Balaban J connectivity index is 1.54. The number of nitrogens with one attached hydrogen (secondary N) is 2. The lowest BCUT2D eigenvalue weighted by Gasteiger charge is -2.34. The predicted octanol–water partition coefficient (Wildman–Crippen LogP) is 3.83. The van der Waals surface area contributed by atoms with Crippen LogP contribution in [0.3, 0.4) is 0 Å². The molecule has 1 aromatic carbocycles. The lowest BCUT2D eigenvalue weighted by Crippen LogP contribution is -2.43. The highest BCUT2D eigenvalue weighted by Gasteiger charge is 2.30. The van der Waals surface area contributed by atoms with Gasteiger partial charge in [0.1, 0.15) is 11.4 Å². The number of hydrogen-bond acceptors (Lipinski definition) is 3. The standard InChI is InChI=1S/C23H33N3O3/c1-15(2)7-10-24-22(27)16(3)17-8-11-26(12-9-17)23(28)21-13-18-5-6-19(29-4)14-20(18)25-21/h5-6,13-17,25H,7-12H2,1-4H3,(H,24,27). The molecule has 0 saturated carbocycles. The minimum Gasteiger partial charge on any atom is -0.497 e. The molecule has 1 fully saturated rings. The van der Waals surface area contributed by atoms with Gasteiger partial charge in [0, 0.05) is 42.5 Å². The molecule has 1 saturated heterocycles. The predicted molar refractivity (Wildman–Crippen MR) is 115 cm³/mol. The molecule has 6 nitrogen and oxygen atoms in total. The molecule has 0 aliphatic carbocycles. The second-order valence-corrected chi connectivity index (χ2v) is 8.53. The van der Waals surface area contributed by atoms with Gasteiger partial charge < -0.3 is 19.9 Å². The molecular formula is C23H33N3O3. The lowest BCUT2D eigenvalue weighted by molar-refractivity contribution is -0.126. The summed E-state index contributed by atoms with van der Waals surface area (Å²) in [5.74, 6) is 1.82. The number of methoxy groups -OCH3 is 1. The highest BCUT2D eigenvalue weighted by Crippen LogP contribution is 2.27. The molecule has 1 unspecified atom stereocenters. The van der Waals surface area contributed by atoms with E-state index in [1.165, 1.54) is 0 Å². The van der Waals surface area contributed by atoms with Gasteiger partial charge >= 0.3 is 0 Å². The number of aromatic nitrogens is 1. The van der Waals surface area contributed by atoms with Crippen LogP contribution in [0, 0.1) is 17.8 Å². The summed E-state index contributed by atoms with van der Waals surface area (Å²) >= 11 is 0. The van der Waals surface area contributed by atoms with Crippen LogP contribution in [-0.4, -0.2) is 48.4 Å². The van der Waals surface area contributed by atoms with Crippen LogP contribution in [0.4, 0.5) is 0 Å². The van der Waals surface area contributed by atoms with Gasteiger partial charge in [0.15, 0.2) is 0 Å². The molecule has 1 aliphatic heterocycles. The van der Waals surface area contributed by atoms with Crippen molar-refractivity contribution in [3.05, 3.63) is 30.0 Å². The molecule has 2 aromatic rings. The van der Waals surface area contributed by atoms with Gasteiger partial charge in [0.25, 0.3) is 5.91 Å². The fourth-order valence-corrected chi connectivity index (χ4v) is 3.98. The average molecular weight is 400 g/mol. The first-order valence-corrected chi connectivity index (χ1v) is 10.6. The summed E-state index contributed by atoms with van der Waals surface area (Å²) < 4.78 is 5.25. The van der Waals surface area contributed by atoms with Crippen LogP contribution in [0.2, 0.25) is 0 Å². The normalized spacial score (nSPS) is 16.2. The van der Waals surface area contributed by atoms with Crippen molar-refractivity contribution in [2.45, 2.75) is 40.0 Å². The summed E-state index contributed by atoms with van der Waals surface area (Å²) in [4.78, 5) is 30.4. The second-order valence-electron chi connectivity index (χ2n) is 8.53. The zero-order chi connectivity index (χ0) is 21.0. The zero-order valence-electron chi connectivity index (χ0n) is 18.0. The van der Waals surface area contributed by atoms with E-state index in [1.54, 1.807) is 7.11 Å². The van der Waals surface area contributed by atoms with Crippen molar-refractivity contribution in [2.75, 3.05) is 26.7 Å². The molecule has 29 heavy (non-hydrogen) atoms. The van der Waals surface area contributed by atoms with Crippen molar-refractivity contribution >= 4 is 22.7 Å². The van der Waals surface area contributed by atoms with Crippen molar-refractivity contribution in [1.82, 2.24) is 15.2 Å². The first-order valence-electron chi connectivity index (χ1n) is 10.6. The van der Waals surface area contributed by atoms with E-state index in [4.69, 9.17) is 4.74 Å². The molecule has 158 valence electrons. The largest absolute Gasteiger partial charge is 0.497 e. The summed E-state index contributed by atoms with van der Waals surface area (Å²) in [7, 11) is 1.63. The van der Waals surface area contributed by atoms with E-state index in [1.807, 2.05) is 36.1 Å². The molecule has 2 heterocycles. The van der Waals surface area contributed by atoms with Crippen molar-refractivity contribution in [2.24, 2.45) is 17.8 Å². The number of rotatable bonds is 7. The highest BCUT2D eigenvalue weighted by molar-refractivity contribution is 5.98. The van der Waals surface area contributed by atoms with E-state index in [2.05, 4.69) is 24.1 Å². The SMILES string of the molecule is COc1ccc2cc(C(=O)N3CCC(C(C)C(=O)NCCC(C)C)CC3)[nH]c2c1. The maximum atomic E-state index is 12.9. The number of carbonyl (C=O) groups is 2. The molecule has 1 aliphatic rings. The Morgan fingerprint density at radius 3 is 2.59 bits per heavy atom. The number of fused-ring (bicyclic) bond motifs is 1. The minimum absolute atomic E-state index is 0.0139. The Labute approximate surface area is 173 Å². The number of nitrogens with zero attached hydrogens (tertiary/aromatic N) is 1. The quantitative estimate of drug-likeness (QED) is 0.743. The van der Waals surface area contributed by atoms with Gasteiger partial charge in [-0.2, -0.15) is 0 Å². The van der Waals surface area contributed by atoms with Gasteiger partial charge in [-0.1, -0.05) is 20.8 Å². The molecule has 2 N–H and O–H groups in total. The third-order valence-electron chi connectivity index (χ3n) is 6.03. The molecule has 0 spiro atoms. The molecule has 1 atom stereocenters. The Bertz CT molecular complexity index is 850. The fourth-order valence-electron chi connectivity index (χ4n) is 3.98. The van der Waals surface area contributed by atoms with Gasteiger partial charge in [-0.15, -0.1) is 0 Å². The van der Waals surface area contributed by atoms with Crippen LogP contribution in [0.1, 0.15) is 50.5 Å². The fraction of sp³-hybridized carbons (Fsp3) is 0.565. The van der Waals surface area contributed by atoms with E-state index >= 15 is 0 Å². The summed E-state index contributed by atoms with van der Waals surface area (Å²) in [5, 5.41) is 4.06. The lowest BCUT2D eigenvalue weighted by atomic mass is 9.84. The van der Waals surface area contributed by atoms with Gasteiger partial charge in [0.2, 0.25) is 5.91 Å². The summed E-state index contributed by atoms with van der Waals surface area (Å²) in [5.41, 5.74) is 1.50. The molecule has 1 aromatic heterocycles. The maximum Gasteiger partial charge on any atom is 0.270 e. The first kappa shape index (κ1) is 21.2. The van der Waals surface area contributed by atoms with Crippen LogP contribution >= 0.6 is 0 Å². The topological polar surface area (TPSA) is 74.4 Å². The summed E-state index contributed by atoms with van der Waals surface area (Å²) in [6.07, 6.45) is 2.72. The molecule has 3 rings (SSSR count). The molecule has 0 radical (unpaired) electrons. The Kier molecular flexibility index (Phi) is 6.83. The highest BCUT2D eigenvalue weighted by atomic mass is 16.5. The number of hydrogen-bond donors (Lipinski definition) is 2. The van der Waals surface area contributed by atoms with Crippen molar-refractivity contribution in [3.8, 4) is 5.75 Å². The summed E-state index contributed by atoms with van der Waals surface area (Å²) in [6.45, 7) is 8.44. The number of likely N-dealkylation sites (tertiary alicyclic amines) is 1. The molecule has 0 bridgehead atoms. The minimum atomic E-state index is -0.0139. The number of piperidine rings is 1. The van der Waals surface area contributed by atoms with E-state index in [-0.39, 0.29) is 17.7 Å². The van der Waals surface area contributed by atoms with Crippen LogP contribution in [0.25, 0.3) is 10.9 Å². The smallest absolute Gasteiger partial charge is 0.270 e. The molecular weight excluding hydrogens is 366 g/mol. The van der Waals surface area contributed by atoms with E-state index in [0.717, 1.165) is 42.5 Å². The Hall–Kier alpha value is -2.50. The van der Waals surface area contributed by atoms with E-state index < -0.39 is 0 Å². The number of aromatic amines is 1. The van der Waals surface area contributed by atoms with Gasteiger partial charge in [-0.05, 0) is 49.3 Å². The number of H-pyrrole nitrogens is 1.